The van der Waals surface area contributed by atoms with Crippen molar-refractivity contribution in [2.24, 2.45) is 5.73 Å². The van der Waals surface area contributed by atoms with Crippen LogP contribution >= 0.6 is 0 Å². The second kappa shape index (κ2) is 4.91. The SMILES string of the molecule is Cc1ccc(-c2cc(F)ccc2C(C)N)c(C)c1. The molecule has 0 aliphatic carbocycles. The first kappa shape index (κ1) is 12.8. The van der Waals surface area contributed by atoms with Crippen LogP contribution in [0.2, 0.25) is 0 Å². The van der Waals surface area contributed by atoms with Crippen molar-refractivity contribution in [3.63, 3.8) is 0 Å². The van der Waals surface area contributed by atoms with Gasteiger partial charge in [-0.05, 0) is 55.2 Å². The Hall–Kier alpha value is -1.67. The highest BCUT2D eigenvalue weighted by Crippen LogP contribution is 2.31. The molecular formula is C16H18FN. The molecule has 0 bridgehead atoms. The number of benzene rings is 2. The van der Waals surface area contributed by atoms with E-state index in [2.05, 4.69) is 13.0 Å². The number of aryl methyl sites for hydroxylation is 2. The van der Waals surface area contributed by atoms with Crippen molar-refractivity contribution < 1.29 is 4.39 Å². The molecule has 1 atom stereocenters. The average Bonchev–Trinajstić information content (AvgIpc) is 2.28. The van der Waals surface area contributed by atoms with Gasteiger partial charge in [0.2, 0.25) is 0 Å². The van der Waals surface area contributed by atoms with Crippen molar-refractivity contribution in [1.82, 2.24) is 0 Å². The molecule has 18 heavy (non-hydrogen) atoms. The van der Waals surface area contributed by atoms with Crippen LogP contribution in [0.4, 0.5) is 4.39 Å². The molecule has 0 aromatic heterocycles. The van der Waals surface area contributed by atoms with Crippen LogP contribution in [-0.4, -0.2) is 0 Å². The third-order valence-corrected chi connectivity index (χ3v) is 3.18. The van der Waals surface area contributed by atoms with Gasteiger partial charge < -0.3 is 5.73 Å². The van der Waals surface area contributed by atoms with Crippen LogP contribution in [0, 0.1) is 19.7 Å². The summed E-state index contributed by atoms with van der Waals surface area (Å²) in [7, 11) is 0. The first-order valence-corrected chi connectivity index (χ1v) is 6.11. The number of rotatable bonds is 2. The highest BCUT2D eigenvalue weighted by Gasteiger charge is 2.11. The highest BCUT2D eigenvalue weighted by molar-refractivity contribution is 5.71. The van der Waals surface area contributed by atoms with Gasteiger partial charge in [-0.1, -0.05) is 29.8 Å². The van der Waals surface area contributed by atoms with Gasteiger partial charge in [0.25, 0.3) is 0 Å². The Morgan fingerprint density at radius 2 is 1.72 bits per heavy atom. The maximum Gasteiger partial charge on any atom is 0.123 e. The quantitative estimate of drug-likeness (QED) is 0.843. The Bertz CT molecular complexity index is 573. The van der Waals surface area contributed by atoms with Gasteiger partial charge in [0.05, 0.1) is 0 Å². The van der Waals surface area contributed by atoms with E-state index < -0.39 is 0 Å². The maximum absolute atomic E-state index is 13.5. The second-order valence-electron chi connectivity index (χ2n) is 4.84. The van der Waals surface area contributed by atoms with E-state index in [0.717, 1.165) is 22.3 Å². The Kier molecular flexibility index (Phi) is 3.48. The van der Waals surface area contributed by atoms with Gasteiger partial charge in [-0.3, -0.25) is 0 Å². The van der Waals surface area contributed by atoms with Crippen LogP contribution in [0.25, 0.3) is 11.1 Å². The minimum Gasteiger partial charge on any atom is -0.324 e. The predicted molar refractivity (Wildman–Crippen MR) is 73.9 cm³/mol. The Morgan fingerprint density at radius 3 is 2.33 bits per heavy atom. The Labute approximate surface area is 107 Å². The van der Waals surface area contributed by atoms with Crippen molar-refractivity contribution in [1.29, 1.82) is 0 Å². The summed E-state index contributed by atoms with van der Waals surface area (Å²) in [6.45, 7) is 6.01. The van der Waals surface area contributed by atoms with E-state index in [0.29, 0.717) is 0 Å². The third kappa shape index (κ3) is 2.44. The molecule has 0 aliphatic heterocycles. The van der Waals surface area contributed by atoms with Crippen LogP contribution in [-0.2, 0) is 0 Å². The van der Waals surface area contributed by atoms with E-state index in [-0.39, 0.29) is 11.9 Å². The molecule has 94 valence electrons. The molecule has 0 spiro atoms. The lowest BCUT2D eigenvalue weighted by Crippen LogP contribution is -2.07. The summed E-state index contributed by atoms with van der Waals surface area (Å²) in [4.78, 5) is 0. The fraction of sp³-hybridized carbons (Fsp3) is 0.250. The van der Waals surface area contributed by atoms with Gasteiger partial charge in [-0.2, -0.15) is 0 Å². The van der Waals surface area contributed by atoms with Crippen molar-refractivity contribution >= 4 is 0 Å². The van der Waals surface area contributed by atoms with Crippen molar-refractivity contribution in [3.8, 4) is 11.1 Å². The van der Waals surface area contributed by atoms with Crippen LogP contribution < -0.4 is 5.73 Å². The number of nitrogens with two attached hydrogens (primary N) is 1. The van der Waals surface area contributed by atoms with Crippen LogP contribution in [0.3, 0.4) is 0 Å². The standard InChI is InChI=1S/C16H18FN/c1-10-4-6-14(11(2)8-10)16-9-13(17)5-7-15(16)12(3)18/h4-9,12H,18H2,1-3H3. The normalized spacial score (nSPS) is 12.5. The summed E-state index contributed by atoms with van der Waals surface area (Å²) < 4.78 is 13.5. The number of halogens is 1. The smallest absolute Gasteiger partial charge is 0.123 e. The van der Waals surface area contributed by atoms with Gasteiger partial charge in [0.1, 0.15) is 5.82 Å². The highest BCUT2D eigenvalue weighted by atomic mass is 19.1. The van der Waals surface area contributed by atoms with Crippen molar-refractivity contribution in [3.05, 3.63) is 58.9 Å². The molecule has 0 amide bonds. The minimum atomic E-state index is -0.227. The van der Waals surface area contributed by atoms with E-state index in [9.17, 15) is 4.39 Å². The molecule has 0 fully saturated rings. The molecule has 1 nitrogen and oxygen atoms in total. The molecule has 0 aliphatic rings. The van der Waals surface area contributed by atoms with Crippen LogP contribution in [0.1, 0.15) is 29.7 Å². The summed E-state index contributed by atoms with van der Waals surface area (Å²) in [6.07, 6.45) is 0. The molecule has 2 heteroatoms. The largest absolute Gasteiger partial charge is 0.324 e. The van der Waals surface area contributed by atoms with E-state index in [1.807, 2.05) is 26.0 Å². The first-order chi connectivity index (χ1) is 8.49. The van der Waals surface area contributed by atoms with Crippen LogP contribution in [0.15, 0.2) is 36.4 Å². The zero-order valence-corrected chi connectivity index (χ0v) is 11.0. The Morgan fingerprint density at radius 1 is 1.00 bits per heavy atom. The second-order valence-corrected chi connectivity index (χ2v) is 4.84. The summed E-state index contributed by atoms with van der Waals surface area (Å²) in [6, 6.07) is 10.9. The molecule has 2 aromatic carbocycles. The minimum absolute atomic E-state index is 0.110. The van der Waals surface area contributed by atoms with Crippen LogP contribution in [0.5, 0.6) is 0 Å². The maximum atomic E-state index is 13.5. The van der Waals surface area contributed by atoms with E-state index in [4.69, 9.17) is 5.73 Å². The van der Waals surface area contributed by atoms with Gasteiger partial charge in [-0.15, -0.1) is 0 Å². The summed E-state index contributed by atoms with van der Waals surface area (Å²) in [5.41, 5.74) is 11.2. The molecule has 0 heterocycles. The van der Waals surface area contributed by atoms with E-state index in [1.165, 1.54) is 11.6 Å². The molecule has 2 rings (SSSR count). The molecular weight excluding hydrogens is 225 g/mol. The fourth-order valence-electron chi connectivity index (χ4n) is 2.27. The van der Waals surface area contributed by atoms with Gasteiger partial charge in [0.15, 0.2) is 0 Å². The lowest BCUT2D eigenvalue weighted by molar-refractivity contribution is 0.626. The number of hydrogen-bond donors (Lipinski definition) is 1. The Balaban J connectivity index is 2.65. The van der Waals surface area contributed by atoms with Gasteiger partial charge in [0, 0.05) is 6.04 Å². The van der Waals surface area contributed by atoms with Gasteiger partial charge in [-0.25, -0.2) is 4.39 Å². The topological polar surface area (TPSA) is 26.0 Å². The lowest BCUT2D eigenvalue weighted by atomic mass is 9.92. The summed E-state index contributed by atoms with van der Waals surface area (Å²) >= 11 is 0. The van der Waals surface area contributed by atoms with E-state index >= 15 is 0 Å². The summed E-state index contributed by atoms with van der Waals surface area (Å²) in [5.74, 6) is -0.227. The fourth-order valence-corrected chi connectivity index (χ4v) is 2.27. The monoisotopic (exact) mass is 243 g/mol. The summed E-state index contributed by atoms with van der Waals surface area (Å²) in [5, 5.41) is 0. The zero-order chi connectivity index (χ0) is 13.3. The first-order valence-electron chi connectivity index (χ1n) is 6.11. The third-order valence-electron chi connectivity index (χ3n) is 3.18. The lowest BCUT2D eigenvalue weighted by Gasteiger charge is -2.15. The number of hydrogen-bond acceptors (Lipinski definition) is 1. The molecule has 2 aromatic rings. The molecule has 0 radical (unpaired) electrons. The van der Waals surface area contributed by atoms with Crippen molar-refractivity contribution in [2.45, 2.75) is 26.8 Å². The molecule has 0 saturated heterocycles. The van der Waals surface area contributed by atoms with Crippen molar-refractivity contribution in [2.75, 3.05) is 0 Å². The predicted octanol–water partition coefficient (Wildman–Crippen LogP) is 4.13. The molecule has 1 unspecified atom stereocenters. The molecule has 2 N–H and O–H groups in total. The average molecular weight is 243 g/mol. The zero-order valence-electron chi connectivity index (χ0n) is 11.0. The molecule has 0 saturated carbocycles. The van der Waals surface area contributed by atoms with Gasteiger partial charge >= 0.3 is 0 Å². The van der Waals surface area contributed by atoms with E-state index in [1.54, 1.807) is 12.1 Å².